The average molecular weight is 272 g/mol. The number of carbonyl (C=O) groups excluding carboxylic acids is 1. The molecule has 0 fully saturated rings. The largest absolute Gasteiger partial charge is 0.352 e. The molecule has 0 spiro atoms. The van der Waals surface area contributed by atoms with Crippen molar-refractivity contribution in [1.29, 1.82) is 0 Å². The summed E-state index contributed by atoms with van der Waals surface area (Å²) in [5.74, 6) is 0.231. The number of para-hydroxylation sites is 1. The molecule has 0 saturated heterocycles. The van der Waals surface area contributed by atoms with Crippen molar-refractivity contribution in [2.24, 2.45) is 11.7 Å². The first-order valence-corrected chi connectivity index (χ1v) is 6.75. The second-order valence-electron chi connectivity index (χ2n) is 4.90. The maximum atomic E-state index is 11.8. The fourth-order valence-electron chi connectivity index (χ4n) is 1.96. The Morgan fingerprint density at radius 2 is 2.20 bits per heavy atom. The van der Waals surface area contributed by atoms with Crippen LogP contribution in [0.5, 0.6) is 0 Å². The van der Waals surface area contributed by atoms with Gasteiger partial charge in [-0.25, -0.2) is 4.68 Å². The summed E-state index contributed by atoms with van der Waals surface area (Å²) in [5, 5.41) is 7.15. The number of benzene rings is 1. The van der Waals surface area contributed by atoms with E-state index >= 15 is 0 Å². The summed E-state index contributed by atoms with van der Waals surface area (Å²) in [6.07, 6.45) is 4.08. The molecule has 0 bridgehead atoms. The first-order chi connectivity index (χ1) is 9.70. The van der Waals surface area contributed by atoms with Gasteiger partial charge in [-0.3, -0.25) is 4.79 Å². The summed E-state index contributed by atoms with van der Waals surface area (Å²) in [5.41, 5.74) is 7.53. The molecule has 5 heteroatoms. The van der Waals surface area contributed by atoms with Crippen molar-refractivity contribution in [1.82, 2.24) is 15.1 Å². The topological polar surface area (TPSA) is 72.9 Å². The monoisotopic (exact) mass is 272 g/mol. The highest BCUT2D eigenvalue weighted by molar-refractivity contribution is 5.76. The lowest BCUT2D eigenvalue weighted by Gasteiger charge is -2.12. The van der Waals surface area contributed by atoms with Gasteiger partial charge in [0.25, 0.3) is 0 Å². The third-order valence-corrected chi connectivity index (χ3v) is 3.16. The van der Waals surface area contributed by atoms with E-state index in [1.54, 1.807) is 10.9 Å². The maximum Gasteiger partial charge on any atom is 0.220 e. The lowest BCUT2D eigenvalue weighted by Crippen LogP contribution is -2.27. The van der Waals surface area contributed by atoms with Crippen LogP contribution in [0, 0.1) is 5.92 Å². The summed E-state index contributed by atoms with van der Waals surface area (Å²) in [7, 11) is 0. The SMILES string of the molecule is CC(CN)CC(=O)NCc1ccccc1-n1cccn1. The molecule has 1 amide bonds. The van der Waals surface area contributed by atoms with Gasteiger partial charge in [-0.1, -0.05) is 25.1 Å². The van der Waals surface area contributed by atoms with Crippen molar-refractivity contribution in [3.8, 4) is 5.69 Å². The summed E-state index contributed by atoms with van der Waals surface area (Å²) in [4.78, 5) is 11.8. The number of hydrogen-bond acceptors (Lipinski definition) is 3. The molecule has 2 rings (SSSR count). The quantitative estimate of drug-likeness (QED) is 0.836. The van der Waals surface area contributed by atoms with Crippen molar-refractivity contribution in [3.05, 3.63) is 48.3 Å². The molecule has 20 heavy (non-hydrogen) atoms. The minimum absolute atomic E-state index is 0.0261. The minimum Gasteiger partial charge on any atom is -0.352 e. The van der Waals surface area contributed by atoms with Crippen molar-refractivity contribution in [2.75, 3.05) is 6.54 Å². The van der Waals surface area contributed by atoms with Gasteiger partial charge in [0.2, 0.25) is 5.91 Å². The number of rotatable bonds is 6. The van der Waals surface area contributed by atoms with Gasteiger partial charge in [0.1, 0.15) is 0 Å². The summed E-state index contributed by atoms with van der Waals surface area (Å²) >= 11 is 0. The van der Waals surface area contributed by atoms with Crippen LogP contribution in [-0.4, -0.2) is 22.2 Å². The van der Waals surface area contributed by atoms with Crippen molar-refractivity contribution in [2.45, 2.75) is 19.9 Å². The number of nitrogens with zero attached hydrogens (tertiary/aromatic N) is 2. The minimum atomic E-state index is 0.0261. The van der Waals surface area contributed by atoms with E-state index < -0.39 is 0 Å². The third kappa shape index (κ3) is 3.68. The van der Waals surface area contributed by atoms with Crippen LogP contribution in [0.25, 0.3) is 5.69 Å². The van der Waals surface area contributed by atoms with Crippen LogP contribution >= 0.6 is 0 Å². The van der Waals surface area contributed by atoms with Gasteiger partial charge >= 0.3 is 0 Å². The van der Waals surface area contributed by atoms with Crippen molar-refractivity contribution < 1.29 is 4.79 Å². The zero-order chi connectivity index (χ0) is 14.4. The average Bonchev–Trinajstić information content (AvgIpc) is 2.99. The van der Waals surface area contributed by atoms with E-state index in [9.17, 15) is 4.79 Å². The van der Waals surface area contributed by atoms with Gasteiger partial charge in [0.05, 0.1) is 5.69 Å². The molecule has 0 aliphatic heterocycles. The summed E-state index contributed by atoms with van der Waals surface area (Å²) in [6.45, 7) is 2.99. The van der Waals surface area contributed by atoms with E-state index in [1.807, 2.05) is 43.5 Å². The van der Waals surface area contributed by atoms with Crippen LogP contribution in [0.2, 0.25) is 0 Å². The van der Waals surface area contributed by atoms with Crippen molar-refractivity contribution in [3.63, 3.8) is 0 Å². The van der Waals surface area contributed by atoms with Gasteiger partial charge < -0.3 is 11.1 Å². The molecule has 1 unspecified atom stereocenters. The third-order valence-electron chi connectivity index (χ3n) is 3.16. The molecule has 1 heterocycles. The highest BCUT2D eigenvalue weighted by Crippen LogP contribution is 2.13. The van der Waals surface area contributed by atoms with E-state index in [0.717, 1.165) is 11.3 Å². The number of nitrogens with two attached hydrogens (primary N) is 1. The molecule has 3 N–H and O–H groups in total. The predicted molar refractivity (Wildman–Crippen MR) is 78.2 cm³/mol. The van der Waals surface area contributed by atoms with E-state index in [0.29, 0.717) is 19.5 Å². The van der Waals surface area contributed by atoms with E-state index in [1.165, 1.54) is 0 Å². The Labute approximate surface area is 118 Å². The van der Waals surface area contributed by atoms with Gasteiger partial charge in [-0.15, -0.1) is 0 Å². The standard InChI is InChI=1S/C15H20N4O/c1-12(10-16)9-15(20)17-11-13-5-2-3-6-14(13)19-8-4-7-18-19/h2-8,12H,9-11,16H2,1H3,(H,17,20). The Balaban J connectivity index is 2.02. The smallest absolute Gasteiger partial charge is 0.220 e. The van der Waals surface area contributed by atoms with E-state index in [4.69, 9.17) is 5.73 Å². The molecule has 1 aromatic heterocycles. The zero-order valence-electron chi connectivity index (χ0n) is 11.6. The fraction of sp³-hybridized carbons (Fsp3) is 0.333. The molecule has 1 atom stereocenters. The van der Waals surface area contributed by atoms with Crippen LogP contribution in [0.15, 0.2) is 42.7 Å². The molecular formula is C15H20N4O. The molecule has 106 valence electrons. The van der Waals surface area contributed by atoms with Crippen LogP contribution in [-0.2, 0) is 11.3 Å². The highest BCUT2D eigenvalue weighted by Gasteiger charge is 2.09. The molecule has 0 saturated carbocycles. The van der Waals surface area contributed by atoms with Crippen molar-refractivity contribution >= 4 is 5.91 Å². The molecular weight excluding hydrogens is 252 g/mol. The summed E-state index contributed by atoms with van der Waals surface area (Å²) < 4.78 is 1.80. The second kappa shape index (κ2) is 6.86. The number of carbonyl (C=O) groups is 1. The molecule has 1 aromatic carbocycles. The lowest BCUT2D eigenvalue weighted by atomic mass is 10.1. The van der Waals surface area contributed by atoms with E-state index in [2.05, 4.69) is 10.4 Å². The van der Waals surface area contributed by atoms with Gasteiger partial charge in [0, 0.05) is 25.4 Å². The lowest BCUT2D eigenvalue weighted by molar-refractivity contribution is -0.122. The fourth-order valence-corrected chi connectivity index (χ4v) is 1.96. The Bertz CT molecular complexity index is 551. The first kappa shape index (κ1) is 14.3. The van der Waals surface area contributed by atoms with Gasteiger partial charge in [-0.2, -0.15) is 5.10 Å². The molecule has 2 aromatic rings. The normalized spacial score (nSPS) is 12.1. The Kier molecular flexibility index (Phi) is 4.90. The number of aromatic nitrogens is 2. The highest BCUT2D eigenvalue weighted by atomic mass is 16.1. The molecule has 0 aliphatic carbocycles. The van der Waals surface area contributed by atoms with Crippen LogP contribution in [0.1, 0.15) is 18.9 Å². The summed E-state index contributed by atoms with van der Waals surface area (Å²) in [6, 6.07) is 9.76. The predicted octanol–water partition coefficient (Wildman–Crippen LogP) is 1.47. The van der Waals surface area contributed by atoms with Crippen LogP contribution < -0.4 is 11.1 Å². The second-order valence-corrected chi connectivity index (χ2v) is 4.90. The van der Waals surface area contributed by atoms with Crippen LogP contribution in [0.3, 0.4) is 0 Å². The molecule has 5 nitrogen and oxygen atoms in total. The van der Waals surface area contributed by atoms with Gasteiger partial charge in [0.15, 0.2) is 0 Å². The molecule has 0 radical (unpaired) electrons. The van der Waals surface area contributed by atoms with E-state index in [-0.39, 0.29) is 11.8 Å². The molecule has 0 aliphatic rings. The number of hydrogen-bond donors (Lipinski definition) is 2. The Hall–Kier alpha value is -2.14. The first-order valence-electron chi connectivity index (χ1n) is 6.75. The Morgan fingerprint density at radius 3 is 2.90 bits per heavy atom. The Morgan fingerprint density at radius 1 is 1.40 bits per heavy atom. The maximum absolute atomic E-state index is 11.8. The van der Waals surface area contributed by atoms with Gasteiger partial charge in [-0.05, 0) is 30.2 Å². The van der Waals surface area contributed by atoms with Crippen LogP contribution in [0.4, 0.5) is 0 Å². The number of nitrogens with one attached hydrogen (secondary N) is 1. The zero-order valence-corrected chi connectivity index (χ0v) is 11.6. The number of amides is 1.